The van der Waals surface area contributed by atoms with Crippen molar-refractivity contribution in [3.05, 3.63) is 81.7 Å². The molecule has 0 saturated heterocycles. The van der Waals surface area contributed by atoms with E-state index in [9.17, 15) is 9.59 Å². The molecule has 0 radical (unpaired) electrons. The molecule has 0 spiro atoms. The number of aromatic nitrogens is 1. The predicted molar refractivity (Wildman–Crippen MR) is 103 cm³/mol. The summed E-state index contributed by atoms with van der Waals surface area (Å²) in [6.45, 7) is 4.02. The van der Waals surface area contributed by atoms with Crippen LogP contribution in [0.3, 0.4) is 0 Å². The van der Waals surface area contributed by atoms with Crippen molar-refractivity contribution in [2.45, 2.75) is 20.3 Å². The molecule has 0 aliphatic heterocycles. The molecule has 0 bridgehead atoms. The molecule has 0 aliphatic carbocycles. The number of carbonyl (C=O) groups is 1. The monoisotopic (exact) mass is 332 g/mol. The lowest BCUT2D eigenvalue weighted by atomic mass is 10.1. The number of rotatable bonds is 4. The van der Waals surface area contributed by atoms with Crippen LogP contribution in [0.5, 0.6) is 0 Å². The number of hydrogen-bond donors (Lipinski definition) is 2. The van der Waals surface area contributed by atoms with Gasteiger partial charge in [-0.1, -0.05) is 37.3 Å². The number of amides is 1. The minimum Gasteiger partial charge on any atom is -0.322 e. The first-order chi connectivity index (χ1) is 12.1. The highest BCUT2D eigenvalue weighted by atomic mass is 16.1. The van der Waals surface area contributed by atoms with Crippen molar-refractivity contribution in [2.75, 3.05) is 5.32 Å². The molecule has 1 heterocycles. The van der Waals surface area contributed by atoms with E-state index in [2.05, 4.69) is 23.3 Å². The van der Waals surface area contributed by atoms with E-state index >= 15 is 0 Å². The number of aromatic amines is 1. The first-order valence-corrected chi connectivity index (χ1v) is 8.27. The number of fused-ring (bicyclic) bond motifs is 1. The largest absolute Gasteiger partial charge is 0.322 e. The van der Waals surface area contributed by atoms with Gasteiger partial charge in [-0.3, -0.25) is 9.59 Å². The third-order valence-electron chi connectivity index (χ3n) is 4.16. The number of H-pyrrole nitrogens is 1. The molecule has 126 valence electrons. The number of anilines is 1. The summed E-state index contributed by atoms with van der Waals surface area (Å²) in [6.07, 6.45) is 3.84. The van der Waals surface area contributed by atoms with Crippen LogP contribution in [0.15, 0.2) is 59.4 Å². The third-order valence-corrected chi connectivity index (χ3v) is 4.16. The summed E-state index contributed by atoms with van der Waals surface area (Å²) in [7, 11) is 0. The summed E-state index contributed by atoms with van der Waals surface area (Å²) < 4.78 is 0. The molecule has 0 saturated carbocycles. The summed E-state index contributed by atoms with van der Waals surface area (Å²) >= 11 is 0. The number of carbonyl (C=O) groups excluding carboxylic acids is 1. The van der Waals surface area contributed by atoms with Gasteiger partial charge in [0.2, 0.25) is 5.91 Å². The zero-order valence-electron chi connectivity index (χ0n) is 14.3. The normalized spacial score (nSPS) is 11.1. The first kappa shape index (κ1) is 16.7. The maximum absolute atomic E-state index is 12.2. The fraction of sp³-hybridized carbons (Fsp3) is 0.143. The van der Waals surface area contributed by atoms with Gasteiger partial charge in [0.15, 0.2) is 0 Å². The molecule has 2 N–H and O–H groups in total. The van der Waals surface area contributed by atoms with E-state index in [1.807, 2.05) is 43.3 Å². The van der Waals surface area contributed by atoms with Gasteiger partial charge < -0.3 is 10.3 Å². The first-order valence-electron chi connectivity index (χ1n) is 8.27. The number of aryl methyl sites for hydroxylation is 2. The van der Waals surface area contributed by atoms with Gasteiger partial charge in [-0.15, -0.1) is 0 Å². The van der Waals surface area contributed by atoms with E-state index < -0.39 is 0 Å². The van der Waals surface area contributed by atoms with Gasteiger partial charge in [0.1, 0.15) is 0 Å². The molecular weight excluding hydrogens is 312 g/mol. The number of benzene rings is 2. The fourth-order valence-electron chi connectivity index (χ4n) is 2.65. The van der Waals surface area contributed by atoms with Gasteiger partial charge in [-0.05, 0) is 54.1 Å². The van der Waals surface area contributed by atoms with Gasteiger partial charge in [0.05, 0.1) is 0 Å². The summed E-state index contributed by atoms with van der Waals surface area (Å²) in [6, 6.07) is 15.3. The van der Waals surface area contributed by atoms with Crippen LogP contribution in [0.2, 0.25) is 0 Å². The standard InChI is InChI=1S/C21H20N2O2/c1-3-15-9-8-14(2)19(12-15)22-20(24)11-10-17-13-16-6-4-5-7-18(16)23-21(17)25/h4-13H,3H2,1-2H3,(H,22,24)(H,23,25)/b11-10+. The van der Waals surface area contributed by atoms with Crippen molar-refractivity contribution in [3.8, 4) is 0 Å². The molecule has 0 unspecified atom stereocenters. The zero-order chi connectivity index (χ0) is 17.8. The molecule has 4 heteroatoms. The van der Waals surface area contributed by atoms with E-state index in [0.29, 0.717) is 5.56 Å². The van der Waals surface area contributed by atoms with Crippen molar-refractivity contribution in [1.82, 2.24) is 4.98 Å². The minimum atomic E-state index is -0.260. The molecule has 4 nitrogen and oxygen atoms in total. The lowest BCUT2D eigenvalue weighted by Crippen LogP contribution is -2.11. The molecule has 1 amide bonds. The van der Waals surface area contributed by atoms with Gasteiger partial charge >= 0.3 is 0 Å². The summed E-state index contributed by atoms with van der Waals surface area (Å²) in [5.41, 5.74) is 3.97. The SMILES string of the molecule is CCc1ccc(C)c(NC(=O)/C=C/c2cc3ccccc3[nH]c2=O)c1. The van der Waals surface area contributed by atoms with Crippen molar-refractivity contribution in [1.29, 1.82) is 0 Å². The highest BCUT2D eigenvalue weighted by molar-refractivity contribution is 6.02. The molecule has 0 fully saturated rings. The van der Waals surface area contributed by atoms with Crippen LogP contribution in [-0.2, 0) is 11.2 Å². The van der Waals surface area contributed by atoms with Crippen molar-refractivity contribution < 1.29 is 4.79 Å². The zero-order valence-corrected chi connectivity index (χ0v) is 14.3. The van der Waals surface area contributed by atoms with Crippen LogP contribution in [0.25, 0.3) is 17.0 Å². The van der Waals surface area contributed by atoms with Crippen molar-refractivity contribution in [3.63, 3.8) is 0 Å². The van der Waals surface area contributed by atoms with Gasteiger partial charge in [0, 0.05) is 22.8 Å². The molecule has 0 atom stereocenters. The molecule has 1 aromatic heterocycles. The lowest BCUT2D eigenvalue weighted by Gasteiger charge is -2.08. The lowest BCUT2D eigenvalue weighted by molar-refractivity contribution is -0.111. The smallest absolute Gasteiger partial charge is 0.255 e. The van der Waals surface area contributed by atoms with Crippen LogP contribution in [-0.4, -0.2) is 10.9 Å². The Morgan fingerprint density at radius 1 is 1.16 bits per heavy atom. The van der Waals surface area contributed by atoms with E-state index in [0.717, 1.165) is 34.1 Å². The summed E-state index contributed by atoms with van der Waals surface area (Å²) in [4.78, 5) is 27.1. The molecule has 3 aromatic rings. The quantitative estimate of drug-likeness (QED) is 0.708. The summed E-state index contributed by atoms with van der Waals surface area (Å²) in [5, 5.41) is 3.80. The number of hydrogen-bond acceptors (Lipinski definition) is 2. The minimum absolute atomic E-state index is 0.216. The molecule has 0 aliphatic rings. The highest BCUT2D eigenvalue weighted by Crippen LogP contribution is 2.17. The Bertz CT molecular complexity index is 1020. The second kappa shape index (κ2) is 7.18. The summed E-state index contributed by atoms with van der Waals surface area (Å²) in [5.74, 6) is -0.260. The molecule has 25 heavy (non-hydrogen) atoms. The van der Waals surface area contributed by atoms with Crippen LogP contribution in [0, 0.1) is 6.92 Å². The van der Waals surface area contributed by atoms with Gasteiger partial charge in [-0.25, -0.2) is 0 Å². The van der Waals surface area contributed by atoms with Gasteiger partial charge in [-0.2, -0.15) is 0 Å². The Kier molecular flexibility index (Phi) is 4.80. The Labute approximate surface area is 146 Å². The Hall–Kier alpha value is -3.14. The third kappa shape index (κ3) is 3.86. The second-order valence-corrected chi connectivity index (χ2v) is 5.97. The van der Waals surface area contributed by atoms with Crippen molar-refractivity contribution >= 4 is 28.6 Å². The molecule has 3 rings (SSSR count). The number of pyridine rings is 1. The van der Waals surface area contributed by atoms with E-state index in [1.165, 1.54) is 6.08 Å². The predicted octanol–water partition coefficient (Wildman–Crippen LogP) is 4.05. The van der Waals surface area contributed by atoms with E-state index in [4.69, 9.17) is 0 Å². The maximum atomic E-state index is 12.2. The Balaban J connectivity index is 1.81. The average Bonchev–Trinajstić information content (AvgIpc) is 2.61. The van der Waals surface area contributed by atoms with Crippen LogP contribution < -0.4 is 10.9 Å². The average molecular weight is 332 g/mol. The van der Waals surface area contributed by atoms with Crippen molar-refractivity contribution in [2.24, 2.45) is 0 Å². The molecule has 2 aromatic carbocycles. The second-order valence-electron chi connectivity index (χ2n) is 5.97. The maximum Gasteiger partial charge on any atom is 0.255 e. The van der Waals surface area contributed by atoms with Gasteiger partial charge in [0.25, 0.3) is 5.56 Å². The molecular formula is C21H20N2O2. The van der Waals surface area contributed by atoms with Crippen LogP contribution in [0.1, 0.15) is 23.6 Å². The Morgan fingerprint density at radius 2 is 1.96 bits per heavy atom. The van der Waals surface area contributed by atoms with E-state index in [-0.39, 0.29) is 11.5 Å². The number of nitrogens with one attached hydrogen (secondary N) is 2. The topological polar surface area (TPSA) is 62.0 Å². The van der Waals surface area contributed by atoms with Crippen LogP contribution in [0.4, 0.5) is 5.69 Å². The highest BCUT2D eigenvalue weighted by Gasteiger charge is 2.04. The van der Waals surface area contributed by atoms with E-state index in [1.54, 1.807) is 12.1 Å². The van der Waals surface area contributed by atoms with Crippen LogP contribution >= 0.6 is 0 Å². The Morgan fingerprint density at radius 3 is 2.76 bits per heavy atom. The fourth-order valence-corrected chi connectivity index (χ4v) is 2.65. The number of para-hydroxylation sites is 1.